The smallest absolute Gasteiger partial charge is 0.163 e. The molecule has 1 fully saturated rings. The molecule has 33 heavy (non-hydrogen) atoms. The van der Waals surface area contributed by atoms with Crippen LogP contribution in [0.1, 0.15) is 11.1 Å². The Morgan fingerprint density at radius 1 is 0.909 bits per heavy atom. The van der Waals surface area contributed by atoms with Crippen LogP contribution in [-0.4, -0.2) is 57.9 Å². The standard InChI is InChI=1S/C24H24Cl2N6O/c1-33-22-7-6-20(26)12-18(22)15-30-8-10-31(11-9-30)23-21-13-29-32(24(21)28-16-27-23)14-17-2-4-19(25)5-3-17/h2-7,12-13,16H,8-11,14-15H2,1H3. The summed E-state index contributed by atoms with van der Waals surface area (Å²) in [7, 11) is 1.69. The Balaban J connectivity index is 1.29. The zero-order chi connectivity index (χ0) is 22.8. The van der Waals surface area contributed by atoms with E-state index >= 15 is 0 Å². The summed E-state index contributed by atoms with van der Waals surface area (Å²) in [6.07, 6.45) is 3.49. The summed E-state index contributed by atoms with van der Waals surface area (Å²) in [6.45, 7) is 5.01. The van der Waals surface area contributed by atoms with Crippen molar-refractivity contribution in [2.75, 3.05) is 38.2 Å². The van der Waals surface area contributed by atoms with E-state index in [4.69, 9.17) is 27.9 Å². The summed E-state index contributed by atoms with van der Waals surface area (Å²) in [6, 6.07) is 13.6. The molecule has 0 unspecified atom stereocenters. The largest absolute Gasteiger partial charge is 0.496 e. The Bertz CT molecular complexity index is 1250. The molecule has 3 heterocycles. The molecule has 0 bridgehead atoms. The molecule has 9 heteroatoms. The molecule has 0 aliphatic carbocycles. The first-order valence-electron chi connectivity index (χ1n) is 10.8. The van der Waals surface area contributed by atoms with E-state index in [-0.39, 0.29) is 0 Å². The number of rotatable bonds is 6. The van der Waals surface area contributed by atoms with E-state index in [9.17, 15) is 0 Å². The van der Waals surface area contributed by atoms with Gasteiger partial charge in [-0.25, -0.2) is 14.6 Å². The van der Waals surface area contributed by atoms with Gasteiger partial charge in [-0.15, -0.1) is 0 Å². The minimum absolute atomic E-state index is 0.631. The molecule has 170 valence electrons. The molecule has 4 aromatic rings. The number of fused-ring (bicyclic) bond motifs is 1. The third kappa shape index (κ3) is 4.76. The lowest BCUT2D eigenvalue weighted by atomic mass is 10.1. The van der Waals surface area contributed by atoms with Crippen molar-refractivity contribution < 1.29 is 4.74 Å². The molecule has 0 N–H and O–H groups in total. The van der Waals surface area contributed by atoms with Crippen molar-refractivity contribution in [3.63, 3.8) is 0 Å². The first kappa shape index (κ1) is 21.9. The van der Waals surface area contributed by atoms with Crippen molar-refractivity contribution in [2.24, 2.45) is 0 Å². The highest BCUT2D eigenvalue weighted by Crippen LogP contribution is 2.27. The summed E-state index contributed by atoms with van der Waals surface area (Å²) >= 11 is 12.2. The summed E-state index contributed by atoms with van der Waals surface area (Å²) in [5.74, 6) is 1.80. The Morgan fingerprint density at radius 2 is 1.67 bits per heavy atom. The van der Waals surface area contributed by atoms with E-state index in [1.54, 1.807) is 13.4 Å². The molecule has 0 atom stereocenters. The van der Waals surface area contributed by atoms with Gasteiger partial charge in [-0.2, -0.15) is 5.10 Å². The van der Waals surface area contributed by atoms with Crippen LogP contribution >= 0.6 is 23.2 Å². The minimum Gasteiger partial charge on any atom is -0.496 e. The van der Waals surface area contributed by atoms with Crippen molar-refractivity contribution >= 4 is 40.1 Å². The summed E-state index contributed by atoms with van der Waals surface area (Å²) in [5.41, 5.74) is 3.06. The fourth-order valence-electron chi connectivity index (χ4n) is 4.24. The second-order valence-electron chi connectivity index (χ2n) is 8.08. The molecule has 5 rings (SSSR count). The van der Waals surface area contributed by atoms with Gasteiger partial charge in [0.15, 0.2) is 5.65 Å². The van der Waals surface area contributed by atoms with Crippen molar-refractivity contribution in [3.8, 4) is 5.75 Å². The van der Waals surface area contributed by atoms with Gasteiger partial charge in [0.1, 0.15) is 17.9 Å². The molecular formula is C24H24Cl2N6O. The number of hydrogen-bond donors (Lipinski definition) is 0. The molecule has 0 amide bonds. The number of aromatic nitrogens is 4. The van der Waals surface area contributed by atoms with Crippen LogP contribution in [0.25, 0.3) is 11.0 Å². The van der Waals surface area contributed by atoms with Gasteiger partial charge in [0.05, 0.1) is 25.2 Å². The highest BCUT2D eigenvalue weighted by Gasteiger charge is 2.22. The van der Waals surface area contributed by atoms with E-state index < -0.39 is 0 Å². The topological polar surface area (TPSA) is 59.3 Å². The van der Waals surface area contributed by atoms with Gasteiger partial charge in [-0.1, -0.05) is 35.3 Å². The second-order valence-corrected chi connectivity index (χ2v) is 8.96. The number of halogens is 2. The fraction of sp³-hybridized carbons (Fsp3) is 0.292. The van der Waals surface area contributed by atoms with Gasteiger partial charge in [0.2, 0.25) is 0 Å². The number of nitrogens with zero attached hydrogens (tertiary/aromatic N) is 6. The first-order chi connectivity index (χ1) is 16.1. The lowest BCUT2D eigenvalue weighted by molar-refractivity contribution is 0.246. The zero-order valence-corrected chi connectivity index (χ0v) is 19.8. The average molecular weight is 483 g/mol. The van der Waals surface area contributed by atoms with E-state index in [1.165, 1.54) is 0 Å². The molecule has 0 spiro atoms. The molecular weight excluding hydrogens is 459 g/mol. The summed E-state index contributed by atoms with van der Waals surface area (Å²) < 4.78 is 7.41. The number of anilines is 1. The van der Waals surface area contributed by atoms with Gasteiger partial charge in [0, 0.05) is 48.3 Å². The van der Waals surface area contributed by atoms with Gasteiger partial charge < -0.3 is 9.64 Å². The lowest BCUT2D eigenvalue weighted by Gasteiger charge is -2.35. The number of methoxy groups -OCH3 is 1. The van der Waals surface area contributed by atoms with Crippen molar-refractivity contribution in [3.05, 3.63) is 76.2 Å². The summed E-state index contributed by atoms with van der Waals surface area (Å²) in [4.78, 5) is 13.8. The van der Waals surface area contributed by atoms with Crippen molar-refractivity contribution in [2.45, 2.75) is 13.1 Å². The predicted molar refractivity (Wildman–Crippen MR) is 131 cm³/mol. The minimum atomic E-state index is 0.631. The highest BCUT2D eigenvalue weighted by atomic mass is 35.5. The summed E-state index contributed by atoms with van der Waals surface area (Å²) in [5, 5.41) is 7.00. The lowest BCUT2D eigenvalue weighted by Crippen LogP contribution is -2.46. The van der Waals surface area contributed by atoms with E-state index in [1.807, 2.05) is 53.3 Å². The number of ether oxygens (including phenoxy) is 1. The van der Waals surface area contributed by atoms with Crippen molar-refractivity contribution in [1.82, 2.24) is 24.6 Å². The van der Waals surface area contributed by atoms with E-state index in [0.29, 0.717) is 6.54 Å². The molecule has 1 aliphatic heterocycles. The maximum absolute atomic E-state index is 6.20. The third-order valence-corrected chi connectivity index (χ3v) is 6.45. The number of hydrogen-bond acceptors (Lipinski definition) is 6. The molecule has 7 nitrogen and oxygen atoms in total. The predicted octanol–water partition coefficient (Wildman–Crippen LogP) is 4.51. The van der Waals surface area contributed by atoms with E-state index in [2.05, 4.69) is 24.9 Å². The SMILES string of the molecule is COc1ccc(Cl)cc1CN1CCN(c2ncnc3c2cnn3Cc2ccc(Cl)cc2)CC1. The van der Waals surface area contributed by atoms with Crippen LogP contribution in [0.4, 0.5) is 5.82 Å². The van der Waals surface area contributed by atoms with Crippen LogP contribution in [0.3, 0.4) is 0 Å². The van der Waals surface area contributed by atoms with Gasteiger partial charge >= 0.3 is 0 Å². The molecule has 2 aromatic heterocycles. The van der Waals surface area contributed by atoms with E-state index in [0.717, 1.165) is 76.5 Å². The quantitative estimate of drug-likeness (QED) is 0.402. The molecule has 1 aliphatic rings. The third-order valence-electron chi connectivity index (χ3n) is 5.97. The first-order valence-corrected chi connectivity index (χ1v) is 11.6. The zero-order valence-electron chi connectivity index (χ0n) is 18.3. The Hall–Kier alpha value is -2.87. The van der Waals surface area contributed by atoms with Gasteiger partial charge in [-0.05, 0) is 35.9 Å². The van der Waals surface area contributed by atoms with Gasteiger partial charge in [0.25, 0.3) is 0 Å². The van der Waals surface area contributed by atoms with Crippen LogP contribution in [0, 0.1) is 0 Å². The Labute approximate surface area is 202 Å². The second kappa shape index (κ2) is 9.55. The van der Waals surface area contributed by atoms with Crippen molar-refractivity contribution in [1.29, 1.82) is 0 Å². The van der Waals surface area contributed by atoms with Crippen LogP contribution < -0.4 is 9.64 Å². The van der Waals surface area contributed by atoms with Crippen LogP contribution in [0.2, 0.25) is 10.0 Å². The fourth-order valence-corrected chi connectivity index (χ4v) is 4.56. The molecule has 0 radical (unpaired) electrons. The van der Waals surface area contributed by atoms with Crippen LogP contribution in [0.5, 0.6) is 5.75 Å². The maximum Gasteiger partial charge on any atom is 0.163 e. The molecule has 1 saturated heterocycles. The average Bonchev–Trinajstić information content (AvgIpc) is 3.24. The Morgan fingerprint density at radius 3 is 2.42 bits per heavy atom. The van der Waals surface area contributed by atoms with Gasteiger partial charge in [-0.3, -0.25) is 4.90 Å². The van der Waals surface area contributed by atoms with Crippen LogP contribution in [0.15, 0.2) is 55.0 Å². The maximum atomic E-state index is 6.20. The normalized spacial score (nSPS) is 14.7. The number of benzene rings is 2. The van der Waals surface area contributed by atoms with Crippen LogP contribution in [-0.2, 0) is 13.1 Å². The number of piperazine rings is 1. The molecule has 0 saturated carbocycles. The Kier molecular flexibility index (Phi) is 6.35. The monoisotopic (exact) mass is 482 g/mol. The highest BCUT2D eigenvalue weighted by molar-refractivity contribution is 6.30. The molecule has 2 aromatic carbocycles.